The summed E-state index contributed by atoms with van der Waals surface area (Å²) in [5, 5.41) is 11.7. The fraction of sp³-hybridized carbons (Fsp3) is 0.333. The number of nitrogens with one attached hydrogen (secondary N) is 1. The normalized spacial score (nSPS) is 11.7. The molecule has 0 aliphatic heterocycles. The fourth-order valence-electron chi connectivity index (χ4n) is 1.41. The number of halogens is 3. The molecule has 0 aliphatic rings. The van der Waals surface area contributed by atoms with Crippen molar-refractivity contribution < 1.29 is 4.79 Å². The molecule has 0 radical (unpaired) electrons. The number of benzene rings is 1. The van der Waals surface area contributed by atoms with E-state index in [-0.39, 0.29) is 5.91 Å². The fourth-order valence-corrected chi connectivity index (χ4v) is 3.87. The molecule has 0 saturated heterocycles. The van der Waals surface area contributed by atoms with Crippen LogP contribution in [0.15, 0.2) is 25.6 Å². The smallest absolute Gasteiger partial charge is 0.241 e. The molecule has 0 heterocycles. The first-order valence-corrected chi connectivity index (χ1v) is 7.72. The summed E-state index contributed by atoms with van der Waals surface area (Å²) in [4.78, 5) is 11.9. The monoisotopic (exact) mass is 436 g/mol. The van der Waals surface area contributed by atoms with Gasteiger partial charge in [-0.15, -0.1) is 0 Å². The Labute approximate surface area is 131 Å². The van der Waals surface area contributed by atoms with Crippen LogP contribution in [-0.2, 0) is 4.79 Å². The van der Waals surface area contributed by atoms with Gasteiger partial charge in [0.2, 0.25) is 5.91 Å². The highest BCUT2D eigenvalue weighted by Gasteiger charge is 2.19. The van der Waals surface area contributed by atoms with Crippen LogP contribution in [0.1, 0.15) is 19.8 Å². The van der Waals surface area contributed by atoms with Gasteiger partial charge in [-0.25, -0.2) is 0 Å². The van der Waals surface area contributed by atoms with Gasteiger partial charge in [-0.3, -0.25) is 4.79 Å². The van der Waals surface area contributed by atoms with Crippen LogP contribution in [0.3, 0.4) is 0 Å². The summed E-state index contributed by atoms with van der Waals surface area (Å²) in [7, 11) is 0. The van der Waals surface area contributed by atoms with E-state index in [4.69, 9.17) is 5.26 Å². The number of anilines is 1. The van der Waals surface area contributed by atoms with Gasteiger partial charge in [-0.05, 0) is 50.4 Å². The average Bonchev–Trinajstić information content (AvgIpc) is 2.30. The van der Waals surface area contributed by atoms with E-state index in [1.165, 1.54) is 0 Å². The van der Waals surface area contributed by atoms with Gasteiger partial charge >= 0.3 is 0 Å². The molecule has 3 nitrogen and oxygen atoms in total. The van der Waals surface area contributed by atoms with Crippen LogP contribution < -0.4 is 5.32 Å². The molecule has 96 valence electrons. The average molecular weight is 439 g/mol. The molecule has 1 aromatic carbocycles. The maximum Gasteiger partial charge on any atom is 0.241 e. The largest absolute Gasteiger partial charge is 0.323 e. The summed E-state index contributed by atoms with van der Waals surface area (Å²) in [6, 6.07) is 5.69. The van der Waals surface area contributed by atoms with E-state index >= 15 is 0 Å². The number of hydrogen-bond donors (Lipinski definition) is 1. The molecule has 1 unspecified atom stereocenters. The van der Waals surface area contributed by atoms with E-state index in [0.29, 0.717) is 12.1 Å². The van der Waals surface area contributed by atoms with Crippen LogP contribution in [0.5, 0.6) is 0 Å². The second kappa shape index (κ2) is 7.27. The molecule has 1 aromatic rings. The van der Waals surface area contributed by atoms with Crippen molar-refractivity contribution in [1.29, 1.82) is 5.26 Å². The first-order chi connectivity index (χ1) is 8.49. The zero-order valence-electron chi connectivity index (χ0n) is 9.64. The third kappa shape index (κ3) is 4.08. The molecule has 0 fully saturated rings. The maximum absolute atomic E-state index is 11.9. The Morgan fingerprint density at radius 1 is 1.39 bits per heavy atom. The van der Waals surface area contributed by atoms with Gasteiger partial charge in [0.15, 0.2) is 0 Å². The van der Waals surface area contributed by atoms with Gasteiger partial charge in [0.05, 0.1) is 11.8 Å². The summed E-state index contributed by atoms with van der Waals surface area (Å²) in [6.07, 6.45) is 1.36. The molecule has 1 N–H and O–H groups in total. The zero-order valence-corrected chi connectivity index (χ0v) is 14.4. The third-order valence-corrected chi connectivity index (χ3v) is 4.01. The Hall–Kier alpha value is -0.380. The third-order valence-electron chi connectivity index (χ3n) is 2.30. The van der Waals surface area contributed by atoms with Crippen molar-refractivity contribution in [2.45, 2.75) is 19.8 Å². The van der Waals surface area contributed by atoms with Crippen LogP contribution in [0.4, 0.5) is 5.69 Å². The minimum absolute atomic E-state index is 0.275. The lowest BCUT2D eigenvalue weighted by molar-refractivity contribution is -0.118. The Bertz CT molecular complexity index is 474. The lowest BCUT2D eigenvalue weighted by atomic mass is 10.0. The van der Waals surface area contributed by atoms with Gasteiger partial charge < -0.3 is 5.32 Å². The number of amides is 1. The van der Waals surface area contributed by atoms with E-state index in [1.54, 1.807) is 0 Å². The van der Waals surface area contributed by atoms with E-state index < -0.39 is 5.92 Å². The van der Waals surface area contributed by atoms with E-state index in [1.807, 2.05) is 25.1 Å². The van der Waals surface area contributed by atoms with Gasteiger partial charge in [0, 0.05) is 13.4 Å². The molecule has 0 bridgehead atoms. The van der Waals surface area contributed by atoms with Crippen molar-refractivity contribution in [3.8, 4) is 6.07 Å². The van der Waals surface area contributed by atoms with Gasteiger partial charge in [0.25, 0.3) is 0 Å². The lowest BCUT2D eigenvalue weighted by Gasteiger charge is -2.12. The number of carbonyl (C=O) groups is 1. The van der Waals surface area contributed by atoms with Crippen LogP contribution >= 0.6 is 47.8 Å². The summed E-state index contributed by atoms with van der Waals surface area (Å²) in [5.41, 5.74) is 0.638. The summed E-state index contributed by atoms with van der Waals surface area (Å²) in [5.74, 6) is -0.888. The van der Waals surface area contributed by atoms with E-state index in [2.05, 4.69) is 53.1 Å². The van der Waals surface area contributed by atoms with Gasteiger partial charge in [-0.2, -0.15) is 5.26 Å². The predicted octanol–water partition coefficient (Wildman–Crippen LogP) is 4.85. The van der Waals surface area contributed by atoms with Crippen LogP contribution in [-0.4, -0.2) is 5.91 Å². The van der Waals surface area contributed by atoms with Crippen molar-refractivity contribution >= 4 is 59.4 Å². The molecule has 1 rings (SSSR count). The van der Waals surface area contributed by atoms with Crippen molar-refractivity contribution in [2.75, 3.05) is 5.32 Å². The quantitative estimate of drug-likeness (QED) is 0.730. The number of rotatable bonds is 4. The van der Waals surface area contributed by atoms with Gasteiger partial charge in [-0.1, -0.05) is 29.3 Å². The van der Waals surface area contributed by atoms with Crippen LogP contribution in [0, 0.1) is 17.2 Å². The molecular formula is C12H11Br3N2O. The lowest BCUT2D eigenvalue weighted by Crippen LogP contribution is -2.21. The highest BCUT2D eigenvalue weighted by molar-refractivity contribution is 9.11. The Morgan fingerprint density at radius 3 is 2.39 bits per heavy atom. The SMILES string of the molecule is CCCC(C#N)C(=O)Nc1c(Br)cc(Br)cc1Br. The predicted molar refractivity (Wildman–Crippen MR) is 82.2 cm³/mol. The molecule has 0 saturated carbocycles. The second-order valence-corrected chi connectivity index (χ2v) is 6.33. The number of nitriles is 1. The Balaban J connectivity index is 2.92. The molecular weight excluding hydrogens is 428 g/mol. The summed E-state index contributed by atoms with van der Waals surface area (Å²) in [6.45, 7) is 1.95. The minimum atomic E-state index is -0.613. The molecule has 1 atom stereocenters. The van der Waals surface area contributed by atoms with Crippen molar-refractivity contribution in [3.05, 3.63) is 25.6 Å². The molecule has 0 aliphatic carbocycles. The molecule has 0 spiro atoms. The highest BCUT2D eigenvalue weighted by Crippen LogP contribution is 2.34. The summed E-state index contributed by atoms with van der Waals surface area (Å²) >= 11 is 10.1. The van der Waals surface area contributed by atoms with Gasteiger partial charge in [0.1, 0.15) is 5.92 Å². The maximum atomic E-state index is 11.9. The Kier molecular flexibility index (Phi) is 6.33. The topological polar surface area (TPSA) is 52.9 Å². The van der Waals surface area contributed by atoms with E-state index in [0.717, 1.165) is 19.8 Å². The first kappa shape index (κ1) is 15.7. The second-order valence-electron chi connectivity index (χ2n) is 3.70. The highest BCUT2D eigenvalue weighted by atomic mass is 79.9. The number of hydrogen-bond acceptors (Lipinski definition) is 2. The van der Waals surface area contributed by atoms with Crippen LogP contribution in [0.25, 0.3) is 0 Å². The molecule has 6 heteroatoms. The Morgan fingerprint density at radius 2 is 1.94 bits per heavy atom. The molecule has 1 amide bonds. The standard InChI is InChI=1S/C12H11Br3N2O/c1-2-3-7(6-16)12(18)17-11-9(14)4-8(13)5-10(11)15/h4-5,7H,2-3H2,1H3,(H,17,18). The summed E-state index contributed by atoms with van der Waals surface area (Å²) < 4.78 is 2.40. The van der Waals surface area contributed by atoms with Crippen molar-refractivity contribution in [1.82, 2.24) is 0 Å². The zero-order chi connectivity index (χ0) is 13.7. The number of nitrogens with zero attached hydrogens (tertiary/aromatic N) is 1. The molecule has 18 heavy (non-hydrogen) atoms. The number of carbonyl (C=O) groups excluding carboxylic acids is 1. The minimum Gasteiger partial charge on any atom is -0.323 e. The first-order valence-electron chi connectivity index (χ1n) is 5.34. The van der Waals surface area contributed by atoms with Crippen molar-refractivity contribution in [2.24, 2.45) is 5.92 Å². The molecule has 0 aromatic heterocycles. The van der Waals surface area contributed by atoms with Crippen molar-refractivity contribution in [3.63, 3.8) is 0 Å². The van der Waals surface area contributed by atoms with Crippen LogP contribution in [0.2, 0.25) is 0 Å². The van der Waals surface area contributed by atoms with E-state index in [9.17, 15) is 4.79 Å².